The van der Waals surface area contributed by atoms with Gasteiger partial charge < -0.3 is 4.90 Å². The second-order valence-electron chi connectivity index (χ2n) is 7.62. The molecule has 1 aliphatic heterocycles. The summed E-state index contributed by atoms with van der Waals surface area (Å²) in [5.41, 5.74) is 0.920. The van der Waals surface area contributed by atoms with E-state index < -0.39 is 0 Å². The summed E-state index contributed by atoms with van der Waals surface area (Å²) in [7, 11) is 0. The van der Waals surface area contributed by atoms with E-state index in [4.69, 9.17) is 0 Å². The van der Waals surface area contributed by atoms with Crippen molar-refractivity contribution in [2.24, 2.45) is 11.8 Å². The van der Waals surface area contributed by atoms with Crippen LogP contribution in [0.2, 0.25) is 0 Å². The minimum atomic E-state index is -0.148. The Kier molecular flexibility index (Phi) is 4.83. The largest absolute Gasteiger partial charge is 0.341 e. The maximum absolute atomic E-state index is 12.9. The van der Waals surface area contributed by atoms with Crippen LogP contribution in [0.4, 0.5) is 0 Å². The molecule has 2 aromatic heterocycles. The monoisotopic (exact) mass is 381 g/mol. The van der Waals surface area contributed by atoms with Gasteiger partial charge >= 0.3 is 0 Å². The number of nitrogens with zero attached hydrogens (tertiary/aromatic N) is 3. The lowest BCUT2D eigenvalue weighted by Gasteiger charge is -2.35. The molecule has 27 heavy (non-hydrogen) atoms. The molecular weight excluding hydrogens is 358 g/mol. The van der Waals surface area contributed by atoms with Crippen LogP contribution in [-0.4, -0.2) is 33.4 Å². The Hall–Kier alpha value is -2.47. The lowest BCUT2D eigenvalue weighted by molar-refractivity contribution is -0.134. The number of aromatic nitrogens is 2. The summed E-state index contributed by atoms with van der Waals surface area (Å²) in [6.45, 7) is 5.94. The van der Waals surface area contributed by atoms with Gasteiger partial charge in [-0.15, -0.1) is 11.3 Å². The molecule has 0 bridgehead atoms. The molecule has 4 rings (SSSR count). The molecule has 1 fully saturated rings. The Labute approximate surface area is 162 Å². The number of likely N-dealkylation sites (tertiary alicyclic amines) is 1. The molecule has 1 aliphatic rings. The van der Waals surface area contributed by atoms with Gasteiger partial charge in [-0.2, -0.15) is 0 Å². The van der Waals surface area contributed by atoms with E-state index in [1.54, 1.807) is 0 Å². The van der Waals surface area contributed by atoms with E-state index >= 15 is 0 Å². The third-order valence-corrected chi connectivity index (χ3v) is 6.20. The van der Waals surface area contributed by atoms with E-state index in [9.17, 15) is 9.59 Å². The van der Waals surface area contributed by atoms with E-state index in [2.05, 4.69) is 18.8 Å². The number of thiophene rings is 1. The maximum Gasteiger partial charge on any atom is 0.262 e. The summed E-state index contributed by atoms with van der Waals surface area (Å²) < 4.78 is 1.44. The normalized spacial score (nSPS) is 20.1. The molecule has 6 heteroatoms. The van der Waals surface area contributed by atoms with Gasteiger partial charge in [0.25, 0.3) is 5.56 Å². The second-order valence-corrected chi connectivity index (χ2v) is 8.65. The molecule has 3 heterocycles. The SMILES string of the molecule is C[C@H]1C[C@H](C)CN(C(=O)Cn2cnc3sc(-c4ccccc4)cc3c2=O)C1. The van der Waals surface area contributed by atoms with Crippen molar-refractivity contribution in [1.82, 2.24) is 14.5 Å². The van der Waals surface area contributed by atoms with Crippen molar-refractivity contribution in [2.75, 3.05) is 13.1 Å². The predicted molar refractivity (Wildman–Crippen MR) is 109 cm³/mol. The molecule has 0 N–H and O–H groups in total. The predicted octanol–water partition coefficient (Wildman–Crippen LogP) is 3.63. The summed E-state index contributed by atoms with van der Waals surface area (Å²) in [5, 5.41) is 0.578. The van der Waals surface area contributed by atoms with Gasteiger partial charge in [0, 0.05) is 18.0 Å². The highest BCUT2D eigenvalue weighted by molar-refractivity contribution is 7.21. The van der Waals surface area contributed by atoms with Crippen molar-refractivity contribution < 1.29 is 4.79 Å². The molecule has 0 radical (unpaired) electrons. The molecule has 1 amide bonds. The first kappa shape index (κ1) is 17.9. The highest BCUT2D eigenvalue weighted by Gasteiger charge is 2.25. The highest BCUT2D eigenvalue weighted by Crippen LogP contribution is 2.30. The minimum Gasteiger partial charge on any atom is -0.341 e. The van der Waals surface area contributed by atoms with Crippen LogP contribution in [0.25, 0.3) is 20.7 Å². The Bertz CT molecular complexity index is 1010. The quantitative estimate of drug-likeness (QED) is 0.696. The van der Waals surface area contributed by atoms with Crippen molar-refractivity contribution in [3.8, 4) is 10.4 Å². The smallest absolute Gasteiger partial charge is 0.262 e. The Morgan fingerprint density at radius 3 is 2.59 bits per heavy atom. The van der Waals surface area contributed by atoms with E-state index in [-0.39, 0.29) is 18.0 Å². The van der Waals surface area contributed by atoms with Gasteiger partial charge in [-0.3, -0.25) is 14.2 Å². The summed E-state index contributed by atoms with van der Waals surface area (Å²) in [6.07, 6.45) is 2.65. The maximum atomic E-state index is 12.9. The average molecular weight is 382 g/mol. The fraction of sp³-hybridized carbons (Fsp3) is 0.381. The average Bonchev–Trinajstić information content (AvgIpc) is 3.09. The molecular formula is C21H23N3O2S. The van der Waals surface area contributed by atoms with Crippen molar-refractivity contribution in [3.05, 3.63) is 53.1 Å². The molecule has 1 saturated heterocycles. The lowest BCUT2D eigenvalue weighted by Crippen LogP contribution is -2.44. The molecule has 0 aliphatic carbocycles. The molecule has 0 spiro atoms. The molecule has 1 aromatic carbocycles. The zero-order chi connectivity index (χ0) is 19.0. The number of hydrogen-bond acceptors (Lipinski definition) is 4. The van der Waals surface area contributed by atoms with Crippen molar-refractivity contribution in [2.45, 2.75) is 26.8 Å². The number of benzene rings is 1. The van der Waals surface area contributed by atoms with Crippen molar-refractivity contribution >= 4 is 27.5 Å². The number of hydrogen-bond donors (Lipinski definition) is 0. The summed E-state index contributed by atoms with van der Waals surface area (Å²) >= 11 is 1.50. The van der Waals surface area contributed by atoms with Gasteiger partial charge in [0.2, 0.25) is 5.91 Å². The van der Waals surface area contributed by atoms with Gasteiger partial charge in [-0.1, -0.05) is 44.2 Å². The van der Waals surface area contributed by atoms with Gasteiger partial charge in [-0.25, -0.2) is 4.98 Å². The Morgan fingerprint density at radius 2 is 1.89 bits per heavy atom. The van der Waals surface area contributed by atoms with Crippen molar-refractivity contribution in [3.63, 3.8) is 0 Å². The van der Waals surface area contributed by atoms with Crippen LogP contribution in [0.5, 0.6) is 0 Å². The molecule has 0 saturated carbocycles. The van der Waals surface area contributed by atoms with Crippen LogP contribution in [0, 0.1) is 11.8 Å². The van der Waals surface area contributed by atoms with E-state index in [0.717, 1.165) is 30.0 Å². The third kappa shape index (κ3) is 3.67. The van der Waals surface area contributed by atoms with Crippen LogP contribution < -0.4 is 5.56 Å². The molecule has 5 nitrogen and oxygen atoms in total. The first-order chi connectivity index (χ1) is 13.0. The van der Waals surface area contributed by atoms with Crippen molar-refractivity contribution in [1.29, 1.82) is 0 Å². The topological polar surface area (TPSA) is 55.2 Å². The zero-order valence-electron chi connectivity index (χ0n) is 15.6. The molecule has 0 unspecified atom stereocenters. The standard InChI is InChI=1S/C21H23N3O2S/c1-14-8-15(2)11-23(10-14)19(25)12-24-13-22-20-17(21(24)26)9-18(27-20)16-6-4-3-5-7-16/h3-7,9,13-15H,8,10-12H2,1-2H3/t14-,15-/m0/s1. The van der Waals surface area contributed by atoms with Gasteiger partial charge in [0.05, 0.1) is 11.7 Å². The fourth-order valence-corrected chi connectivity index (χ4v) is 4.92. The van der Waals surface area contributed by atoms with E-state index in [0.29, 0.717) is 22.1 Å². The fourth-order valence-electron chi connectivity index (χ4n) is 3.93. The number of rotatable bonds is 3. The Balaban J connectivity index is 1.60. The number of carbonyl (C=O) groups excluding carboxylic acids is 1. The summed E-state index contributed by atoms with van der Waals surface area (Å²) in [4.78, 5) is 33.6. The van der Waals surface area contributed by atoms with Crippen LogP contribution in [0.1, 0.15) is 20.3 Å². The zero-order valence-corrected chi connectivity index (χ0v) is 16.4. The second kappa shape index (κ2) is 7.27. The summed E-state index contributed by atoms with van der Waals surface area (Å²) in [5.74, 6) is 0.996. The lowest BCUT2D eigenvalue weighted by atomic mass is 9.92. The van der Waals surface area contributed by atoms with Gasteiger partial charge in [0.1, 0.15) is 11.4 Å². The number of piperidine rings is 1. The number of carbonyl (C=O) groups is 1. The minimum absolute atomic E-state index is 0.00448. The van der Waals surface area contributed by atoms with Crippen LogP contribution in [0.15, 0.2) is 47.5 Å². The Morgan fingerprint density at radius 1 is 1.19 bits per heavy atom. The third-order valence-electron chi connectivity index (χ3n) is 5.10. The molecule has 140 valence electrons. The first-order valence-electron chi connectivity index (χ1n) is 9.33. The molecule has 2 atom stereocenters. The number of amides is 1. The highest BCUT2D eigenvalue weighted by atomic mass is 32.1. The molecule has 3 aromatic rings. The van der Waals surface area contributed by atoms with Crippen LogP contribution >= 0.6 is 11.3 Å². The van der Waals surface area contributed by atoms with E-state index in [1.165, 1.54) is 22.2 Å². The first-order valence-corrected chi connectivity index (χ1v) is 10.1. The van der Waals surface area contributed by atoms with Crippen LogP contribution in [0.3, 0.4) is 0 Å². The van der Waals surface area contributed by atoms with Crippen LogP contribution in [-0.2, 0) is 11.3 Å². The van der Waals surface area contributed by atoms with Gasteiger partial charge in [0.15, 0.2) is 0 Å². The number of fused-ring (bicyclic) bond motifs is 1. The summed E-state index contributed by atoms with van der Waals surface area (Å²) in [6, 6.07) is 11.8. The van der Waals surface area contributed by atoms with E-state index in [1.807, 2.05) is 41.3 Å². The van der Waals surface area contributed by atoms with Gasteiger partial charge in [-0.05, 0) is 29.9 Å².